The fraction of sp³-hybridized carbons (Fsp3) is 1.00. The molecule has 3 rings (SSSR count). The number of hydrogen-bond donors (Lipinski definition) is 1. The van der Waals surface area contributed by atoms with Gasteiger partial charge in [-0.05, 0) is 63.3 Å². The first-order valence-corrected chi connectivity index (χ1v) is 7.80. The molecule has 3 heteroatoms. The first kappa shape index (κ1) is 12.9. The van der Waals surface area contributed by atoms with Gasteiger partial charge >= 0.3 is 0 Å². The average molecular weight is 252 g/mol. The minimum absolute atomic E-state index is 0.471. The Bertz CT molecular complexity index is 276. The Hall–Kier alpha value is -0.120. The second-order valence-electron chi connectivity index (χ2n) is 6.78. The van der Waals surface area contributed by atoms with Gasteiger partial charge in [0.25, 0.3) is 0 Å². The molecular weight excluding hydrogens is 224 g/mol. The summed E-state index contributed by atoms with van der Waals surface area (Å²) < 4.78 is 5.83. The van der Waals surface area contributed by atoms with Crippen molar-refractivity contribution in [2.75, 3.05) is 26.7 Å². The molecule has 18 heavy (non-hydrogen) atoms. The van der Waals surface area contributed by atoms with Gasteiger partial charge < -0.3 is 15.4 Å². The van der Waals surface area contributed by atoms with E-state index in [1.54, 1.807) is 0 Å². The van der Waals surface area contributed by atoms with Crippen molar-refractivity contribution in [3.8, 4) is 0 Å². The Balaban J connectivity index is 1.47. The van der Waals surface area contributed by atoms with Crippen LogP contribution in [0.4, 0.5) is 0 Å². The van der Waals surface area contributed by atoms with Gasteiger partial charge in [0.05, 0.1) is 6.10 Å². The van der Waals surface area contributed by atoms with Crippen molar-refractivity contribution < 1.29 is 4.74 Å². The molecule has 2 aliphatic carbocycles. The molecule has 1 aliphatic heterocycles. The molecule has 1 heterocycles. The minimum atomic E-state index is 0.471. The average Bonchev–Trinajstić information content (AvgIpc) is 2.94. The van der Waals surface area contributed by atoms with E-state index in [1.807, 2.05) is 0 Å². The van der Waals surface area contributed by atoms with E-state index in [9.17, 15) is 0 Å². The third-order valence-corrected chi connectivity index (χ3v) is 5.47. The zero-order valence-electron chi connectivity index (χ0n) is 11.7. The SMILES string of the molecule is CN(CC1CCCCO1)CC1C2CCC(C2)C1N. The van der Waals surface area contributed by atoms with E-state index in [-0.39, 0.29) is 0 Å². The van der Waals surface area contributed by atoms with Crippen LogP contribution in [0, 0.1) is 17.8 Å². The zero-order chi connectivity index (χ0) is 12.5. The number of nitrogens with two attached hydrogens (primary N) is 1. The third kappa shape index (κ3) is 2.59. The third-order valence-electron chi connectivity index (χ3n) is 5.47. The Kier molecular flexibility index (Phi) is 3.92. The van der Waals surface area contributed by atoms with E-state index in [1.165, 1.54) is 45.1 Å². The summed E-state index contributed by atoms with van der Waals surface area (Å²) in [6.45, 7) is 3.24. The molecule has 0 aromatic heterocycles. The molecule has 3 fully saturated rings. The lowest BCUT2D eigenvalue weighted by molar-refractivity contribution is -0.00517. The zero-order valence-corrected chi connectivity index (χ0v) is 11.7. The fourth-order valence-electron chi connectivity index (χ4n) is 4.46. The Morgan fingerprint density at radius 1 is 1.11 bits per heavy atom. The van der Waals surface area contributed by atoms with Gasteiger partial charge in [-0.15, -0.1) is 0 Å². The van der Waals surface area contributed by atoms with E-state index < -0.39 is 0 Å². The summed E-state index contributed by atoms with van der Waals surface area (Å²) in [5.41, 5.74) is 6.39. The van der Waals surface area contributed by atoms with Gasteiger partial charge in [0, 0.05) is 25.7 Å². The lowest BCUT2D eigenvalue weighted by atomic mass is 9.84. The molecule has 0 spiro atoms. The van der Waals surface area contributed by atoms with Crippen LogP contribution in [0.2, 0.25) is 0 Å². The number of ether oxygens (including phenoxy) is 1. The van der Waals surface area contributed by atoms with Crippen LogP contribution in [0.5, 0.6) is 0 Å². The Morgan fingerprint density at radius 3 is 2.61 bits per heavy atom. The van der Waals surface area contributed by atoms with Crippen LogP contribution in [0.25, 0.3) is 0 Å². The molecule has 5 unspecified atom stereocenters. The van der Waals surface area contributed by atoms with Gasteiger partial charge in [0.1, 0.15) is 0 Å². The predicted molar refractivity (Wildman–Crippen MR) is 73.4 cm³/mol. The highest BCUT2D eigenvalue weighted by Gasteiger charge is 2.45. The van der Waals surface area contributed by atoms with Crippen molar-refractivity contribution in [1.82, 2.24) is 4.90 Å². The lowest BCUT2D eigenvalue weighted by Crippen LogP contribution is -2.44. The first-order valence-electron chi connectivity index (χ1n) is 7.80. The van der Waals surface area contributed by atoms with Crippen molar-refractivity contribution in [1.29, 1.82) is 0 Å². The molecule has 5 atom stereocenters. The topological polar surface area (TPSA) is 38.5 Å². The van der Waals surface area contributed by atoms with Crippen molar-refractivity contribution >= 4 is 0 Å². The molecule has 0 radical (unpaired) electrons. The molecule has 0 amide bonds. The number of likely N-dealkylation sites (N-methyl/N-ethyl adjacent to an activating group) is 1. The maximum absolute atomic E-state index is 6.39. The maximum atomic E-state index is 6.39. The van der Waals surface area contributed by atoms with Gasteiger partial charge in [-0.25, -0.2) is 0 Å². The van der Waals surface area contributed by atoms with Crippen LogP contribution >= 0.6 is 0 Å². The highest BCUT2D eigenvalue weighted by molar-refractivity contribution is 4.99. The van der Waals surface area contributed by atoms with E-state index in [2.05, 4.69) is 11.9 Å². The van der Waals surface area contributed by atoms with Crippen molar-refractivity contribution in [3.63, 3.8) is 0 Å². The molecule has 1 saturated heterocycles. The predicted octanol–water partition coefficient (Wildman–Crippen LogP) is 1.86. The molecule has 2 N–H and O–H groups in total. The van der Waals surface area contributed by atoms with E-state index in [0.29, 0.717) is 12.1 Å². The van der Waals surface area contributed by atoms with Gasteiger partial charge in [-0.1, -0.05) is 0 Å². The smallest absolute Gasteiger partial charge is 0.0701 e. The molecule has 3 nitrogen and oxygen atoms in total. The van der Waals surface area contributed by atoms with Crippen LogP contribution in [-0.2, 0) is 4.74 Å². The standard InChI is InChI=1S/C15H28N2O/c1-17(9-13-4-2-3-7-18-13)10-14-11-5-6-12(8-11)15(14)16/h11-15H,2-10,16H2,1H3. The lowest BCUT2D eigenvalue weighted by Gasteiger charge is -2.34. The van der Waals surface area contributed by atoms with Crippen molar-refractivity contribution in [2.24, 2.45) is 23.5 Å². The van der Waals surface area contributed by atoms with E-state index in [0.717, 1.165) is 30.9 Å². The summed E-state index contributed by atoms with van der Waals surface area (Å²) in [4.78, 5) is 2.47. The molecule has 2 bridgehead atoms. The summed E-state index contributed by atoms with van der Waals surface area (Å²) in [5, 5.41) is 0. The normalized spacial score (nSPS) is 43.8. The molecule has 0 aromatic rings. The number of rotatable bonds is 4. The number of fused-ring (bicyclic) bond motifs is 2. The van der Waals surface area contributed by atoms with Crippen LogP contribution in [0.1, 0.15) is 38.5 Å². The minimum Gasteiger partial charge on any atom is -0.377 e. The Labute approximate surface area is 111 Å². The second kappa shape index (κ2) is 5.48. The molecule has 3 aliphatic rings. The largest absolute Gasteiger partial charge is 0.377 e. The summed E-state index contributed by atoms with van der Waals surface area (Å²) >= 11 is 0. The number of nitrogens with zero attached hydrogens (tertiary/aromatic N) is 1. The molecule has 104 valence electrons. The quantitative estimate of drug-likeness (QED) is 0.830. The van der Waals surface area contributed by atoms with Gasteiger partial charge in [-0.3, -0.25) is 0 Å². The summed E-state index contributed by atoms with van der Waals surface area (Å²) in [6.07, 6.45) is 8.52. The van der Waals surface area contributed by atoms with Crippen LogP contribution in [0.3, 0.4) is 0 Å². The van der Waals surface area contributed by atoms with Crippen molar-refractivity contribution in [3.05, 3.63) is 0 Å². The second-order valence-corrected chi connectivity index (χ2v) is 6.78. The molecule has 0 aromatic carbocycles. The van der Waals surface area contributed by atoms with Crippen LogP contribution in [0.15, 0.2) is 0 Å². The summed E-state index contributed by atoms with van der Waals surface area (Å²) in [5.74, 6) is 2.50. The Morgan fingerprint density at radius 2 is 1.94 bits per heavy atom. The molecular formula is C15H28N2O. The van der Waals surface area contributed by atoms with Crippen molar-refractivity contribution in [2.45, 2.75) is 50.7 Å². The maximum Gasteiger partial charge on any atom is 0.0701 e. The van der Waals surface area contributed by atoms with Crippen LogP contribution in [-0.4, -0.2) is 43.8 Å². The van der Waals surface area contributed by atoms with E-state index in [4.69, 9.17) is 10.5 Å². The number of hydrogen-bond acceptors (Lipinski definition) is 3. The summed E-state index contributed by atoms with van der Waals surface area (Å²) in [7, 11) is 2.25. The van der Waals surface area contributed by atoms with Crippen LogP contribution < -0.4 is 5.73 Å². The summed E-state index contributed by atoms with van der Waals surface area (Å²) in [6, 6.07) is 0.471. The van der Waals surface area contributed by atoms with E-state index >= 15 is 0 Å². The monoisotopic (exact) mass is 252 g/mol. The fourth-order valence-corrected chi connectivity index (χ4v) is 4.46. The first-order chi connectivity index (χ1) is 8.74. The van der Waals surface area contributed by atoms with Gasteiger partial charge in [0.15, 0.2) is 0 Å². The van der Waals surface area contributed by atoms with Gasteiger partial charge in [-0.2, -0.15) is 0 Å². The highest BCUT2D eigenvalue weighted by atomic mass is 16.5. The highest BCUT2D eigenvalue weighted by Crippen LogP contribution is 2.47. The van der Waals surface area contributed by atoms with Gasteiger partial charge in [0.2, 0.25) is 0 Å². The molecule has 2 saturated carbocycles.